The molecule has 4 rings (SSSR count). The molecular weight excluding hydrogens is 387 g/mol. The zero-order valence-electron chi connectivity index (χ0n) is 16.3. The van der Waals surface area contributed by atoms with E-state index in [1.54, 1.807) is 38.3 Å². The SMILES string of the molecule is COc1ccccc1/C=C1\Oc2c(ccc(OC(=O)c3ccccc3F)c2C)C1=O. The molecule has 6 heteroatoms. The van der Waals surface area contributed by atoms with Gasteiger partial charge >= 0.3 is 5.97 Å². The first-order valence-corrected chi connectivity index (χ1v) is 9.17. The van der Waals surface area contributed by atoms with Crippen LogP contribution in [-0.2, 0) is 0 Å². The fourth-order valence-corrected chi connectivity index (χ4v) is 3.19. The number of esters is 1. The van der Waals surface area contributed by atoms with E-state index in [0.29, 0.717) is 28.2 Å². The molecule has 0 saturated carbocycles. The number of allylic oxidation sites excluding steroid dienone is 1. The average molecular weight is 404 g/mol. The maximum absolute atomic E-state index is 13.8. The van der Waals surface area contributed by atoms with Crippen molar-refractivity contribution in [1.29, 1.82) is 0 Å². The van der Waals surface area contributed by atoms with Crippen molar-refractivity contribution in [1.82, 2.24) is 0 Å². The Bertz CT molecular complexity index is 1200. The number of hydrogen-bond donors (Lipinski definition) is 0. The topological polar surface area (TPSA) is 61.8 Å². The van der Waals surface area contributed by atoms with Crippen molar-refractivity contribution >= 4 is 17.8 Å². The Balaban J connectivity index is 1.64. The molecule has 0 N–H and O–H groups in total. The van der Waals surface area contributed by atoms with E-state index in [4.69, 9.17) is 14.2 Å². The summed E-state index contributed by atoms with van der Waals surface area (Å²) in [6.45, 7) is 1.67. The lowest BCUT2D eigenvalue weighted by molar-refractivity contribution is 0.0728. The number of hydrogen-bond acceptors (Lipinski definition) is 5. The third-order valence-electron chi connectivity index (χ3n) is 4.76. The van der Waals surface area contributed by atoms with Crippen LogP contribution in [0.3, 0.4) is 0 Å². The van der Waals surface area contributed by atoms with Gasteiger partial charge in [0.1, 0.15) is 23.1 Å². The van der Waals surface area contributed by atoms with Gasteiger partial charge in [0, 0.05) is 11.1 Å². The highest BCUT2D eigenvalue weighted by Crippen LogP contribution is 2.40. The van der Waals surface area contributed by atoms with E-state index in [-0.39, 0.29) is 22.9 Å². The molecule has 0 atom stereocenters. The van der Waals surface area contributed by atoms with Crippen LogP contribution >= 0.6 is 0 Å². The van der Waals surface area contributed by atoms with Crippen LogP contribution in [-0.4, -0.2) is 18.9 Å². The molecule has 1 aliphatic heterocycles. The predicted molar refractivity (Wildman–Crippen MR) is 108 cm³/mol. The molecule has 0 amide bonds. The van der Waals surface area contributed by atoms with Crippen LogP contribution in [0.5, 0.6) is 17.2 Å². The molecule has 0 fully saturated rings. The minimum Gasteiger partial charge on any atom is -0.496 e. The Hall–Kier alpha value is -3.93. The molecule has 1 aliphatic rings. The van der Waals surface area contributed by atoms with Gasteiger partial charge in [-0.1, -0.05) is 30.3 Å². The minimum atomic E-state index is -0.828. The summed E-state index contributed by atoms with van der Waals surface area (Å²) in [5, 5.41) is 0. The predicted octanol–water partition coefficient (Wildman–Crippen LogP) is 4.98. The van der Waals surface area contributed by atoms with Gasteiger partial charge in [-0.2, -0.15) is 0 Å². The molecule has 30 heavy (non-hydrogen) atoms. The van der Waals surface area contributed by atoms with E-state index >= 15 is 0 Å². The van der Waals surface area contributed by atoms with Crippen molar-refractivity contribution in [3.8, 4) is 17.2 Å². The van der Waals surface area contributed by atoms with Crippen molar-refractivity contribution in [3.05, 3.63) is 94.5 Å². The number of rotatable bonds is 4. The van der Waals surface area contributed by atoms with Gasteiger partial charge in [-0.05, 0) is 43.3 Å². The summed E-state index contributed by atoms with van der Waals surface area (Å²) in [5.41, 5.74) is 1.35. The number of ketones is 1. The molecule has 3 aromatic carbocycles. The second-order valence-electron chi connectivity index (χ2n) is 6.62. The van der Waals surface area contributed by atoms with Crippen LogP contribution in [0.2, 0.25) is 0 Å². The van der Waals surface area contributed by atoms with Gasteiger partial charge in [0.25, 0.3) is 0 Å². The van der Waals surface area contributed by atoms with E-state index in [0.717, 1.165) is 0 Å². The maximum atomic E-state index is 13.8. The summed E-state index contributed by atoms with van der Waals surface area (Å²) in [6, 6.07) is 15.8. The highest BCUT2D eigenvalue weighted by Gasteiger charge is 2.31. The first-order chi connectivity index (χ1) is 14.5. The lowest BCUT2D eigenvalue weighted by Gasteiger charge is -2.10. The number of fused-ring (bicyclic) bond motifs is 1. The number of halogens is 1. The smallest absolute Gasteiger partial charge is 0.346 e. The molecule has 5 nitrogen and oxygen atoms in total. The maximum Gasteiger partial charge on any atom is 0.346 e. The number of Topliss-reactive ketones (excluding diaryl/α,β-unsaturated/α-hetero) is 1. The average Bonchev–Trinajstić information content (AvgIpc) is 3.07. The van der Waals surface area contributed by atoms with Gasteiger partial charge in [-0.15, -0.1) is 0 Å². The van der Waals surface area contributed by atoms with E-state index < -0.39 is 11.8 Å². The molecule has 0 aromatic heterocycles. The molecule has 0 unspecified atom stereocenters. The fourth-order valence-electron chi connectivity index (χ4n) is 3.19. The molecule has 0 spiro atoms. The van der Waals surface area contributed by atoms with Crippen molar-refractivity contribution in [3.63, 3.8) is 0 Å². The van der Waals surface area contributed by atoms with E-state index in [1.807, 2.05) is 12.1 Å². The van der Waals surface area contributed by atoms with Crippen LogP contribution in [0, 0.1) is 12.7 Å². The molecule has 150 valence electrons. The quantitative estimate of drug-likeness (QED) is 0.349. The number of ether oxygens (including phenoxy) is 3. The normalized spacial score (nSPS) is 13.7. The highest BCUT2D eigenvalue weighted by atomic mass is 19.1. The zero-order chi connectivity index (χ0) is 21.3. The fraction of sp³-hybridized carbons (Fsp3) is 0.0833. The second kappa shape index (κ2) is 7.83. The number of benzene rings is 3. The monoisotopic (exact) mass is 404 g/mol. The van der Waals surface area contributed by atoms with Crippen molar-refractivity contribution in [2.45, 2.75) is 6.92 Å². The molecule has 0 radical (unpaired) electrons. The summed E-state index contributed by atoms with van der Waals surface area (Å²) in [7, 11) is 1.55. The van der Waals surface area contributed by atoms with E-state index in [2.05, 4.69) is 0 Å². The standard InChI is InChI=1S/C24H17FO5/c1-14-19(30-24(27)16-8-4-5-9-18(16)25)12-11-17-22(26)21(29-23(14)17)13-15-7-3-6-10-20(15)28-2/h3-13H,1-2H3/b21-13-. The summed E-state index contributed by atoms with van der Waals surface area (Å²) in [6.07, 6.45) is 1.60. The summed E-state index contributed by atoms with van der Waals surface area (Å²) in [4.78, 5) is 25.1. The van der Waals surface area contributed by atoms with Gasteiger partial charge in [-0.3, -0.25) is 4.79 Å². The van der Waals surface area contributed by atoms with Gasteiger partial charge in [0.2, 0.25) is 5.78 Å². The molecule has 3 aromatic rings. The second-order valence-corrected chi connectivity index (χ2v) is 6.62. The van der Waals surface area contributed by atoms with Crippen LogP contribution < -0.4 is 14.2 Å². The molecular formula is C24H17FO5. The number of para-hydroxylation sites is 1. The molecule has 0 bridgehead atoms. The number of carbonyl (C=O) groups excluding carboxylic acids is 2. The molecule has 1 heterocycles. The summed E-state index contributed by atoms with van der Waals surface area (Å²) >= 11 is 0. The largest absolute Gasteiger partial charge is 0.496 e. The Morgan fingerprint density at radius 1 is 1.00 bits per heavy atom. The van der Waals surface area contributed by atoms with E-state index in [1.165, 1.54) is 30.3 Å². The molecule has 0 aliphatic carbocycles. The van der Waals surface area contributed by atoms with Crippen LogP contribution in [0.25, 0.3) is 6.08 Å². The van der Waals surface area contributed by atoms with Gasteiger partial charge < -0.3 is 14.2 Å². The van der Waals surface area contributed by atoms with Crippen LogP contribution in [0.1, 0.15) is 31.8 Å². The van der Waals surface area contributed by atoms with Gasteiger partial charge in [-0.25, -0.2) is 9.18 Å². The zero-order valence-corrected chi connectivity index (χ0v) is 16.3. The van der Waals surface area contributed by atoms with Crippen molar-refractivity contribution in [2.24, 2.45) is 0 Å². The summed E-state index contributed by atoms with van der Waals surface area (Å²) < 4.78 is 30.3. The lowest BCUT2D eigenvalue weighted by Crippen LogP contribution is -2.11. The Labute approximate surface area is 172 Å². The Morgan fingerprint density at radius 3 is 2.50 bits per heavy atom. The Morgan fingerprint density at radius 2 is 1.73 bits per heavy atom. The lowest BCUT2D eigenvalue weighted by atomic mass is 10.1. The highest BCUT2D eigenvalue weighted by molar-refractivity contribution is 6.15. The van der Waals surface area contributed by atoms with Crippen LogP contribution in [0.15, 0.2) is 66.4 Å². The van der Waals surface area contributed by atoms with Crippen molar-refractivity contribution in [2.75, 3.05) is 7.11 Å². The third kappa shape index (κ3) is 3.43. The van der Waals surface area contributed by atoms with Crippen LogP contribution in [0.4, 0.5) is 4.39 Å². The number of methoxy groups -OCH3 is 1. The van der Waals surface area contributed by atoms with Crippen molar-refractivity contribution < 1.29 is 28.2 Å². The van der Waals surface area contributed by atoms with E-state index in [9.17, 15) is 14.0 Å². The Kier molecular flexibility index (Phi) is 5.06. The molecule has 0 saturated heterocycles. The summed E-state index contributed by atoms with van der Waals surface area (Å²) in [5.74, 6) is -0.553. The van der Waals surface area contributed by atoms with Gasteiger partial charge in [0.15, 0.2) is 5.76 Å². The minimum absolute atomic E-state index is 0.134. The number of carbonyl (C=O) groups is 2. The van der Waals surface area contributed by atoms with Gasteiger partial charge in [0.05, 0.1) is 18.2 Å². The third-order valence-corrected chi connectivity index (χ3v) is 4.76. The first-order valence-electron chi connectivity index (χ1n) is 9.17. The first kappa shape index (κ1) is 19.4.